The summed E-state index contributed by atoms with van der Waals surface area (Å²) in [6.45, 7) is 2.70. The Bertz CT molecular complexity index is 877. The molecule has 2 heterocycles. The molecule has 26 heavy (non-hydrogen) atoms. The fraction of sp³-hybridized carbons (Fsp3) is 0.286. The Morgan fingerprint density at radius 3 is 2.50 bits per heavy atom. The van der Waals surface area contributed by atoms with Crippen molar-refractivity contribution in [3.8, 4) is 0 Å². The highest BCUT2D eigenvalue weighted by Gasteiger charge is 2.35. The molecule has 132 valence electrons. The summed E-state index contributed by atoms with van der Waals surface area (Å²) in [4.78, 5) is 18.9. The molecule has 0 radical (unpaired) electrons. The van der Waals surface area contributed by atoms with Gasteiger partial charge in [-0.05, 0) is 24.1 Å². The molecule has 2 atom stereocenters. The van der Waals surface area contributed by atoms with Gasteiger partial charge in [0.1, 0.15) is 0 Å². The normalized spacial score (nSPS) is 18.3. The molecule has 1 aliphatic heterocycles. The number of anilines is 1. The third-order valence-corrected chi connectivity index (χ3v) is 4.92. The average Bonchev–Trinajstić information content (AvgIpc) is 3.31. The van der Waals surface area contributed by atoms with Crippen molar-refractivity contribution >= 4 is 11.6 Å². The largest absolute Gasteiger partial charge is 0.339 e. The SMILES string of the molecule is CC[C@@H](c1ccccc1)c1nc([C@@H]2CC(=O)N(c3ccccc3)C2)no1. The predicted octanol–water partition coefficient (Wildman–Crippen LogP) is 4.13. The number of carbonyl (C=O) groups is 1. The van der Waals surface area contributed by atoms with E-state index in [1.54, 1.807) is 4.90 Å². The van der Waals surface area contributed by atoms with Gasteiger partial charge < -0.3 is 9.42 Å². The lowest BCUT2D eigenvalue weighted by Crippen LogP contribution is -2.24. The average molecular weight is 347 g/mol. The number of rotatable bonds is 5. The highest BCUT2D eigenvalue weighted by atomic mass is 16.5. The van der Waals surface area contributed by atoms with Gasteiger partial charge in [-0.15, -0.1) is 0 Å². The van der Waals surface area contributed by atoms with Crippen molar-refractivity contribution in [2.45, 2.75) is 31.6 Å². The van der Waals surface area contributed by atoms with Crippen molar-refractivity contribution in [1.82, 2.24) is 10.1 Å². The Balaban J connectivity index is 1.54. The van der Waals surface area contributed by atoms with Crippen LogP contribution in [0.4, 0.5) is 5.69 Å². The molecular weight excluding hydrogens is 326 g/mol. The van der Waals surface area contributed by atoms with E-state index in [1.165, 1.54) is 5.56 Å². The molecule has 0 bridgehead atoms. The number of para-hydroxylation sites is 1. The zero-order valence-electron chi connectivity index (χ0n) is 14.7. The maximum atomic E-state index is 12.4. The van der Waals surface area contributed by atoms with Crippen LogP contribution in [0.15, 0.2) is 65.2 Å². The second-order valence-electron chi connectivity index (χ2n) is 6.60. The first-order valence-electron chi connectivity index (χ1n) is 9.00. The lowest BCUT2D eigenvalue weighted by atomic mass is 9.96. The zero-order valence-corrected chi connectivity index (χ0v) is 14.7. The number of amides is 1. The van der Waals surface area contributed by atoms with Crippen LogP contribution < -0.4 is 4.90 Å². The summed E-state index contributed by atoms with van der Waals surface area (Å²) in [5.74, 6) is 1.40. The van der Waals surface area contributed by atoms with E-state index in [0.29, 0.717) is 24.7 Å². The maximum absolute atomic E-state index is 12.4. The van der Waals surface area contributed by atoms with Gasteiger partial charge in [-0.3, -0.25) is 4.79 Å². The van der Waals surface area contributed by atoms with Gasteiger partial charge >= 0.3 is 0 Å². The second-order valence-corrected chi connectivity index (χ2v) is 6.60. The number of benzene rings is 2. The fourth-order valence-corrected chi connectivity index (χ4v) is 3.53. The van der Waals surface area contributed by atoms with Gasteiger partial charge in [0.25, 0.3) is 0 Å². The predicted molar refractivity (Wildman–Crippen MR) is 99.0 cm³/mol. The molecule has 0 N–H and O–H groups in total. The van der Waals surface area contributed by atoms with E-state index in [0.717, 1.165) is 12.1 Å². The summed E-state index contributed by atoms with van der Waals surface area (Å²) >= 11 is 0. The van der Waals surface area contributed by atoms with Crippen LogP contribution in [0, 0.1) is 0 Å². The first-order chi connectivity index (χ1) is 12.8. The van der Waals surface area contributed by atoms with E-state index in [9.17, 15) is 4.79 Å². The Kier molecular flexibility index (Phi) is 4.52. The van der Waals surface area contributed by atoms with E-state index < -0.39 is 0 Å². The van der Waals surface area contributed by atoms with E-state index in [4.69, 9.17) is 4.52 Å². The third kappa shape index (κ3) is 3.12. The standard InChI is InChI=1S/C21H21N3O2/c1-2-18(15-9-5-3-6-10-15)21-22-20(23-26-21)16-13-19(25)24(14-16)17-11-7-4-8-12-17/h3-12,16,18H,2,13-14H2,1H3/t16-,18+/m1/s1. The van der Waals surface area contributed by atoms with Crippen LogP contribution >= 0.6 is 0 Å². The number of aromatic nitrogens is 2. The molecule has 0 spiro atoms. The highest BCUT2D eigenvalue weighted by Crippen LogP contribution is 2.32. The van der Waals surface area contributed by atoms with Crippen LogP contribution in [0.5, 0.6) is 0 Å². The Morgan fingerprint density at radius 2 is 1.81 bits per heavy atom. The Hall–Kier alpha value is -2.95. The lowest BCUT2D eigenvalue weighted by Gasteiger charge is -2.15. The van der Waals surface area contributed by atoms with Crippen LogP contribution in [-0.2, 0) is 4.79 Å². The summed E-state index contributed by atoms with van der Waals surface area (Å²) in [6, 6.07) is 19.9. The molecular formula is C21H21N3O2. The van der Waals surface area contributed by atoms with Gasteiger partial charge in [0.2, 0.25) is 11.8 Å². The quantitative estimate of drug-likeness (QED) is 0.696. The summed E-state index contributed by atoms with van der Waals surface area (Å²) in [7, 11) is 0. The smallest absolute Gasteiger partial charge is 0.234 e. The van der Waals surface area contributed by atoms with Crippen LogP contribution in [0.3, 0.4) is 0 Å². The van der Waals surface area contributed by atoms with Crippen molar-refractivity contribution in [1.29, 1.82) is 0 Å². The van der Waals surface area contributed by atoms with Crippen LogP contribution in [0.1, 0.15) is 48.9 Å². The van der Waals surface area contributed by atoms with Crippen molar-refractivity contribution in [3.05, 3.63) is 77.9 Å². The molecule has 4 rings (SSSR count). The molecule has 0 saturated carbocycles. The Labute approximate surface area is 152 Å². The van der Waals surface area contributed by atoms with Gasteiger partial charge in [-0.2, -0.15) is 4.98 Å². The second kappa shape index (κ2) is 7.12. The van der Waals surface area contributed by atoms with Crippen LogP contribution in [0.2, 0.25) is 0 Å². The highest BCUT2D eigenvalue weighted by molar-refractivity contribution is 5.96. The van der Waals surface area contributed by atoms with E-state index in [2.05, 4.69) is 29.2 Å². The fourth-order valence-electron chi connectivity index (χ4n) is 3.53. The van der Waals surface area contributed by atoms with E-state index in [-0.39, 0.29) is 17.7 Å². The van der Waals surface area contributed by atoms with Gasteiger partial charge in [0.05, 0.1) is 5.92 Å². The van der Waals surface area contributed by atoms with Crippen LogP contribution in [-0.4, -0.2) is 22.6 Å². The number of hydrogen-bond donors (Lipinski definition) is 0. The molecule has 5 nitrogen and oxygen atoms in total. The molecule has 0 unspecified atom stereocenters. The molecule has 1 saturated heterocycles. The third-order valence-electron chi connectivity index (χ3n) is 4.92. The van der Waals surface area contributed by atoms with Gasteiger partial charge in [0.15, 0.2) is 5.82 Å². The first kappa shape index (κ1) is 16.5. The number of nitrogens with zero attached hydrogens (tertiary/aromatic N) is 3. The topological polar surface area (TPSA) is 59.2 Å². The number of carbonyl (C=O) groups excluding carboxylic acids is 1. The molecule has 0 aliphatic carbocycles. The monoisotopic (exact) mass is 347 g/mol. The van der Waals surface area contributed by atoms with E-state index in [1.807, 2.05) is 48.5 Å². The minimum Gasteiger partial charge on any atom is -0.339 e. The molecule has 1 fully saturated rings. The van der Waals surface area contributed by atoms with E-state index >= 15 is 0 Å². The van der Waals surface area contributed by atoms with Crippen molar-refractivity contribution < 1.29 is 9.32 Å². The molecule has 3 aromatic rings. The Morgan fingerprint density at radius 1 is 1.12 bits per heavy atom. The first-order valence-corrected chi connectivity index (χ1v) is 9.00. The summed E-state index contributed by atoms with van der Waals surface area (Å²) in [6.07, 6.45) is 1.29. The van der Waals surface area contributed by atoms with Gasteiger partial charge in [-0.25, -0.2) is 0 Å². The molecule has 2 aromatic carbocycles. The summed E-state index contributed by atoms with van der Waals surface area (Å²) < 4.78 is 5.57. The molecule has 5 heteroatoms. The minimum absolute atomic E-state index is 0.0338. The maximum Gasteiger partial charge on any atom is 0.234 e. The minimum atomic E-state index is -0.0338. The summed E-state index contributed by atoms with van der Waals surface area (Å²) in [5, 5.41) is 4.19. The number of hydrogen-bond acceptors (Lipinski definition) is 4. The molecule has 1 amide bonds. The molecule has 1 aromatic heterocycles. The lowest BCUT2D eigenvalue weighted by molar-refractivity contribution is -0.117. The van der Waals surface area contributed by atoms with Crippen molar-refractivity contribution in [3.63, 3.8) is 0 Å². The van der Waals surface area contributed by atoms with Gasteiger partial charge in [0, 0.05) is 24.6 Å². The zero-order chi connectivity index (χ0) is 17.9. The summed E-state index contributed by atoms with van der Waals surface area (Å²) in [5.41, 5.74) is 2.08. The van der Waals surface area contributed by atoms with Gasteiger partial charge in [-0.1, -0.05) is 60.6 Å². The van der Waals surface area contributed by atoms with Crippen molar-refractivity contribution in [2.75, 3.05) is 11.4 Å². The molecule has 1 aliphatic rings. The van der Waals surface area contributed by atoms with Crippen LogP contribution in [0.25, 0.3) is 0 Å². The van der Waals surface area contributed by atoms with Crippen molar-refractivity contribution in [2.24, 2.45) is 0 Å².